The molecule has 2 unspecified atom stereocenters. The molecule has 1 saturated heterocycles. The quantitative estimate of drug-likeness (QED) is 0.588. The van der Waals surface area contributed by atoms with Crippen LogP contribution in [0.1, 0.15) is 30.4 Å². The molecule has 0 saturated carbocycles. The third-order valence-electron chi connectivity index (χ3n) is 3.77. The predicted molar refractivity (Wildman–Crippen MR) is 91.4 cm³/mol. The van der Waals surface area contributed by atoms with E-state index in [4.69, 9.17) is 4.74 Å². The number of rotatable bonds is 4. The maximum absolute atomic E-state index is 5.36. The Morgan fingerprint density at radius 3 is 2.36 bits per heavy atom. The van der Waals surface area contributed by atoms with Crippen LogP contribution in [0.5, 0.6) is 0 Å². The first-order valence-electron chi connectivity index (χ1n) is 7.68. The molecular weight excluding hydrogens is 268 g/mol. The first-order valence-corrected chi connectivity index (χ1v) is 7.68. The van der Waals surface area contributed by atoms with Gasteiger partial charge in [0.05, 0.1) is 6.61 Å². The predicted octanol–water partition coefficient (Wildman–Crippen LogP) is 4.67. The van der Waals surface area contributed by atoms with E-state index in [-0.39, 0.29) is 11.5 Å². The van der Waals surface area contributed by atoms with Gasteiger partial charge in [0.25, 0.3) is 0 Å². The summed E-state index contributed by atoms with van der Waals surface area (Å²) in [7, 11) is 0. The molecule has 22 heavy (non-hydrogen) atoms. The van der Waals surface area contributed by atoms with E-state index in [1.165, 1.54) is 11.1 Å². The monoisotopic (exact) mass is 288 g/mol. The highest BCUT2D eigenvalue weighted by Gasteiger charge is 2.37. The molecule has 2 atom stereocenters. The Balaban J connectivity index is 1.74. The van der Waals surface area contributed by atoms with Crippen LogP contribution in [-0.4, -0.2) is 12.2 Å². The maximum atomic E-state index is 5.36. The molecule has 0 aliphatic carbocycles. The summed E-state index contributed by atoms with van der Waals surface area (Å²) in [5.74, 6) is 6.88. The van der Waals surface area contributed by atoms with Gasteiger partial charge in [-0.25, -0.2) is 0 Å². The number of ether oxygens (including phenoxy) is 1. The minimum absolute atomic E-state index is 0.210. The molecule has 1 aliphatic rings. The fourth-order valence-corrected chi connectivity index (χ4v) is 2.29. The Morgan fingerprint density at radius 1 is 1.09 bits per heavy atom. The molecule has 1 heterocycles. The van der Waals surface area contributed by atoms with Gasteiger partial charge >= 0.3 is 0 Å². The molecule has 110 valence electrons. The zero-order chi connectivity index (χ0) is 15.3. The van der Waals surface area contributed by atoms with Gasteiger partial charge in [0, 0.05) is 5.92 Å². The molecule has 0 aromatic heterocycles. The number of hydrogen-bond acceptors (Lipinski definition) is 1. The molecule has 3 rings (SSSR count). The van der Waals surface area contributed by atoms with Crippen LogP contribution in [0.15, 0.2) is 66.7 Å². The van der Waals surface area contributed by atoms with E-state index < -0.39 is 0 Å². The zero-order valence-corrected chi connectivity index (χ0v) is 12.8. The highest BCUT2D eigenvalue weighted by atomic mass is 16.6. The number of epoxide rings is 1. The van der Waals surface area contributed by atoms with E-state index in [2.05, 4.69) is 72.5 Å². The first kappa shape index (κ1) is 14.6. The molecule has 0 radical (unpaired) electrons. The van der Waals surface area contributed by atoms with Crippen LogP contribution in [-0.2, 0) is 4.74 Å². The number of benzene rings is 2. The fourth-order valence-electron chi connectivity index (χ4n) is 2.29. The van der Waals surface area contributed by atoms with Crippen molar-refractivity contribution in [2.24, 2.45) is 0 Å². The summed E-state index contributed by atoms with van der Waals surface area (Å²) in [4.78, 5) is 0. The van der Waals surface area contributed by atoms with Crippen molar-refractivity contribution in [3.63, 3.8) is 0 Å². The minimum atomic E-state index is -0.212. The standard InChI is InChI=1S/C21H20O/c1-21(17-22-21)16-15-20(19-12-6-3-7-13-19)14-8-11-18-9-4-2-5-10-18/h2-13,20H,14,17H2,1H3/b11-8+. The van der Waals surface area contributed by atoms with E-state index in [1.807, 2.05) is 19.1 Å². The summed E-state index contributed by atoms with van der Waals surface area (Å²) >= 11 is 0. The second kappa shape index (κ2) is 6.64. The van der Waals surface area contributed by atoms with Crippen molar-refractivity contribution in [2.45, 2.75) is 24.9 Å². The number of hydrogen-bond donors (Lipinski definition) is 0. The van der Waals surface area contributed by atoms with Gasteiger partial charge in [0.1, 0.15) is 5.60 Å². The van der Waals surface area contributed by atoms with Gasteiger partial charge in [-0.2, -0.15) is 0 Å². The second-order valence-electron chi connectivity index (χ2n) is 5.80. The average molecular weight is 288 g/mol. The summed E-state index contributed by atoms with van der Waals surface area (Å²) in [5.41, 5.74) is 2.27. The van der Waals surface area contributed by atoms with Crippen molar-refractivity contribution in [1.29, 1.82) is 0 Å². The van der Waals surface area contributed by atoms with Crippen molar-refractivity contribution >= 4 is 6.08 Å². The van der Waals surface area contributed by atoms with Gasteiger partial charge in [-0.15, -0.1) is 0 Å². The van der Waals surface area contributed by atoms with E-state index in [0.717, 1.165) is 13.0 Å². The Morgan fingerprint density at radius 2 is 1.73 bits per heavy atom. The highest BCUT2D eigenvalue weighted by Crippen LogP contribution is 2.26. The maximum Gasteiger partial charge on any atom is 0.149 e. The molecule has 0 bridgehead atoms. The van der Waals surface area contributed by atoms with Crippen LogP contribution in [0, 0.1) is 11.8 Å². The van der Waals surface area contributed by atoms with Gasteiger partial charge in [-0.1, -0.05) is 84.7 Å². The van der Waals surface area contributed by atoms with Gasteiger partial charge in [0.2, 0.25) is 0 Å². The number of allylic oxidation sites excluding steroid dienone is 1. The lowest BCUT2D eigenvalue weighted by Gasteiger charge is -2.08. The van der Waals surface area contributed by atoms with Crippen molar-refractivity contribution in [1.82, 2.24) is 0 Å². The topological polar surface area (TPSA) is 12.5 Å². The molecule has 0 amide bonds. The Hall–Kier alpha value is -2.30. The lowest BCUT2D eigenvalue weighted by atomic mass is 9.95. The van der Waals surface area contributed by atoms with Gasteiger partial charge in [-0.05, 0) is 24.5 Å². The Kier molecular flexibility index (Phi) is 4.42. The van der Waals surface area contributed by atoms with Crippen molar-refractivity contribution in [2.75, 3.05) is 6.61 Å². The van der Waals surface area contributed by atoms with Crippen LogP contribution in [0.25, 0.3) is 6.08 Å². The van der Waals surface area contributed by atoms with Crippen LogP contribution in [0.2, 0.25) is 0 Å². The molecule has 1 fully saturated rings. The average Bonchev–Trinajstić information content (AvgIpc) is 3.30. The molecule has 2 aromatic carbocycles. The van der Waals surface area contributed by atoms with E-state index in [0.29, 0.717) is 0 Å². The van der Waals surface area contributed by atoms with Crippen LogP contribution in [0.3, 0.4) is 0 Å². The second-order valence-corrected chi connectivity index (χ2v) is 5.80. The summed E-state index contributed by atoms with van der Waals surface area (Å²) in [6.07, 6.45) is 5.27. The molecule has 0 N–H and O–H groups in total. The van der Waals surface area contributed by atoms with Crippen molar-refractivity contribution in [3.05, 3.63) is 77.9 Å². The van der Waals surface area contributed by atoms with Gasteiger partial charge in [-0.3, -0.25) is 0 Å². The SMILES string of the molecule is CC1(C#CC(C/C=C/c2ccccc2)c2ccccc2)CO1. The molecule has 1 aliphatic heterocycles. The lowest BCUT2D eigenvalue weighted by molar-refractivity contribution is 0.377. The lowest BCUT2D eigenvalue weighted by Crippen LogP contribution is -2.01. The molecular formula is C21H20O. The van der Waals surface area contributed by atoms with E-state index in [9.17, 15) is 0 Å². The summed E-state index contributed by atoms with van der Waals surface area (Å²) in [6, 6.07) is 20.8. The van der Waals surface area contributed by atoms with E-state index in [1.54, 1.807) is 0 Å². The highest BCUT2D eigenvalue weighted by molar-refractivity contribution is 5.49. The fraction of sp³-hybridized carbons (Fsp3) is 0.238. The van der Waals surface area contributed by atoms with E-state index >= 15 is 0 Å². The van der Waals surface area contributed by atoms with Crippen LogP contribution in [0.4, 0.5) is 0 Å². The zero-order valence-electron chi connectivity index (χ0n) is 12.8. The molecule has 1 nitrogen and oxygen atoms in total. The smallest absolute Gasteiger partial charge is 0.149 e. The largest absolute Gasteiger partial charge is 0.356 e. The Bertz CT molecular complexity index is 685. The summed E-state index contributed by atoms with van der Waals surface area (Å²) in [5, 5.41) is 0. The van der Waals surface area contributed by atoms with Gasteiger partial charge < -0.3 is 4.74 Å². The first-order chi connectivity index (χ1) is 10.8. The third kappa shape index (κ3) is 4.10. The van der Waals surface area contributed by atoms with Crippen LogP contribution < -0.4 is 0 Å². The molecule has 0 spiro atoms. The minimum Gasteiger partial charge on any atom is -0.356 e. The van der Waals surface area contributed by atoms with Crippen LogP contribution >= 0.6 is 0 Å². The normalized spacial score (nSPS) is 21.1. The summed E-state index contributed by atoms with van der Waals surface area (Å²) in [6.45, 7) is 2.79. The molecule has 2 aromatic rings. The van der Waals surface area contributed by atoms with Crippen molar-refractivity contribution < 1.29 is 4.74 Å². The third-order valence-corrected chi connectivity index (χ3v) is 3.77. The van der Waals surface area contributed by atoms with Gasteiger partial charge in [0.15, 0.2) is 0 Å². The Labute approximate surface area is 132 Å². The van der Waals surface area contributed by atoms with Crippen molar-refractivity contribution in [3.8, 4) is 11.8 Å². The molecule has 1 heteroatoms. The summed E-state index contributed by atoms with van der Waals surface area (Å²) < 4.78 is 5.36.